The Morgan fingerprint density at radius 1 is 1.38 bits per heavy atom. The lowest BCUT2D eigenvalue weighted by Gasteiger charge is -2.10. The monoisotopic (exact) mass is 334 g/mol. The van der Waals surface area contributed by atoms with Gasteiger partial charge in [0.2, 0.25) is 10.0 Å². The lowest BCUT2D eigenvalue weighted by atomic mass is 10.2. The molecule has 0 spiro atoms. The van der Waals surface area contributed by atoms with Gasteiger partial charge in [0.1, 0.15) is 5.82 Å². The second-order valence-electron chi connectivity index (χ2n) is 5.39. The van der Waals surface area contributed by atoms with Crippen LogP contribution in [0.5, 0.6) is 0 Å². The minimum absolute atomic E-state index is 0.0444. The van der Waals surface area contributed by atoms with Gasteiger partial charge in [0.25, 0.3) is 0 Å². The van der Waals surface area contributed by atoms with E-state index in [0.29, 0.717) is 18.7 Å². The highest BCUT2D eigenvalue weighted by Gasteiger charge is 2.21. The van der Waals surface area contributed by atoms with E-state index in [1.54, 1.807) is 7.05 Å². The number of halogens is 2. The van der Waals surface area contributed by atoms with Crippen molar-refractivity contribution in [1.82, 2.24) is 10.0 Å². The van der Waals surface area contributed by atoms with Crippen LogP contribution in [0.1, 0.15) is 31.2 Å². The van der Waals surface area contributed by atoms with Crippen molar-refractivity contribution < 1.29 is 12.8 Å². The summed E-state index contributed by atoms with van der Waals surface area (Å²) in [5, 5.41) is 2.79. The molecule has 0 heterocycles. The Hall–Kier alpha value is -0.690. The molecule has 1 aliphatic rings. The molecule has 21 heavy (non-hydrogen) atoms. The van der Waals surface area contributed by atoms with Crippen LogP contribution in [-0.4, -0.2) is 22.0 Å². The molecule has 2 rings (SSSR count). The van der Waals surface area contributed by atoms with E-state index < -0.39 is 15.8 Å². The van der Waals surface area contributed by atoms with E-state index in [1.807, 2.05) is 0 Å². The predicted molar refractivity (Wildman–Crippen MR) is 81.3 cm³/mol. The highest BCUT2D eigenvalue weighted by Crippen LogP contribution is 2.33. The zero-order valence-corrected chi connectivity index (χ0v) is 13.5. The maximum atomic E-state index is 13.7. The van der Waals surface area contributed by atoms with Crippen molar-refractivity contribution in [2.45, 2.75) is 37.1 Å². The van der Waals surface area contributed by atoms with Crippen molar-refractivity contribution in [2.24, 2.45) is 5.92 Å². The molecule has 0 aromatic heterocycles. The molecule has 0 atom stereocenters. The maximum Gasteiger partial charge on any atom is 0.240 e. The van der Waals surface area contributed by atoms with Crippen molar-refractivity contribution in [1.29, 1.82) is 0 Å². The fourth-order valence-corrected chi connectivity index (χ4v) is 3.49. The Morgan fingerprint density at radius 2 is 2.10 bits per heavy atom. The maximum absolute atomic E-state index is 13.7. The van der Waals surface area contributed by atoms with E-state index in [1.165, 1.54) is 18.9 Å². The summed E-state index contributed by atoms with van der Waals surface area (Å²) in [6, 6.07) is 2.37. The lowest BCUT2D eigenvalue weighted by molar-refractivity contribution is 0.569. The van der Waals surface area contributed by atoms with E-state index >= 15 is 0 Å². The van der Waals surface area contributed by atoms with Crippen molar-refractivity contribution in [3.63, 3.8) is 0 Å². The largest absolute Gasteiger partial charge is 0.316 e. The molecule has 0 radical (unpaired) electrons. The first-order valence-electron chi connectivity index (χ1n) is 7.06. The van der Waals surface area contributed by atoms with Crippen LogP contribution >= 0.6 is 11.6 Å². The van der Waals surface area contributed by atoms with Gasteiger partial charge in [0, 0.05) is 13.1 Å². The summed E-state index contributed by atoms with van der Waals surface area (Å²) in [4.78, 5) is -0.0823. The molecule has 1 aromatic rings. The molecule has 1 aliphatic carbocycles. The smallest absolute Gasteiger partial charge is 0.240 e. The first kappa shape index (κ1) is 16.7. The van der Waals surface area contributed by atoms with Gasteiger partial charge in [-0.15, -0.1) is 0 Å². The first-order valence-corrected chi connectivity index (χ1v) is 8.92. The third kappa shape index (κ3) is 4.64. The number of nitrogens with one attached hydrogen (secondary N) is 2. The van der Waals surface area contributed by atoms with Gasteiger partial charge in [-0.05, 0) is 43.5 Å². The quantitative estimate of drug-likeness (QED) is 0.719. The van der Waals surface area contributed by atoms with Crippen molar-refractivity contribution >= 4 is 21.6 Å². The third-order valence-electron chi connectivity index (χ3n) is 3.53. The first-order chi connectivity index (χ1) is 9.94. The molecule has 1 saturated carbocycles. The standard InChI is InChI=1S/C14H20ClFN2O2S/c1-17-9-11-7-12(8-13(16)14(11)15)21(19,20)18-6-2-3-10-4-5-10/h7-8,10,17-18H,2-6,9H2,1H3. The normalized spacial score (nSPS) is 15.4. The second-order valence-corrected chi connectivity index (χ2v) is 7.54. The van der Waals surface area contributed by atoms with Gasteiger partial charge in [0.05, 0.1) is 9.92 Å². The molecular formula is C14H20ClFN2O2S. The summed E-state index contributed by atoms with van der Waals surface area (Å²) < 4.78 is 40.6. The number of sulfonamides is 1. The Labute approximate surface area is 130 Å². The fraction of sp³-hybridized carbons (Fsp3) is 0.571. The summed E-state index contributed by atoms with van der Waals surface area (Å²) in [5.74, 6) is 0.0486. The zero-order valence-electron chi connectivity index (χ0n) is 12.0. The van der Waals surface area contributed by atoms with Crippen LogP contribution in [-0.2, 0) is 16.6 Å². The van der Waals surface area contributed by atoms with E-state index in [0.717, 1.165) is 24.8 Å². The van der Waals surface area contributed by atoms with E-state index in [4.69, 9.17) is 11.6 Å². The van der Waals surface area contributed by atoms with Crippen LogP contribution in [0.3, 0.4) is 0 Å². The highest BCUT2D eigenvalue weighted by atomic mass is 35.5. The van der Waals surface area contributed by atoms with Crippen LogP contribution in [0.4, 0.5) is 4.39 Å². The summed E-state index contributed by atoms with van der Waals surface area (Å²) in [7, 11) is -2.01. The van der Waals surface area contributed by atoms with E-state index in [2.05, 4.69) is 10.0 Å². The fourth-order valence-electron chi connectivity index (χ4n) is 2.18. The molecule has 118 valence electrons. The Morgan fingerprint density at radius 3 is 2.71 bits per heavy atom. The summed E-state index contributed by atoms with van der Waals surface area (Å²) in [6.45, 7) is 0.686. The van der Waals surface area contributed by atoms with Gasteiger partial charge in [-0.25, -0.2) is 17.5 Å². The average Bonchev–Trinajstić information content (AvgIpc) is 3.24. The SMILES string of the molecule is CNCc1cc(S(=O)(=O)NCCCC2CC2)cc(F)c1Cl. The lowest BCUT2D eigenvalue weighted by Crippen LogP contribution is -2.25. The van der Waals surface area contributed by atoms with E-state index in [-0.39, 0.29) is 9.92 Å². The molecule has 7 heteroatoms. The Kier molecular flexibility index (Phi) is 5.60. The number of hydrogen-bond donors (Lipinski definition) is 2. The topological polar surface area (TPSA) is 58.2 Å². The Bertz CT molecular complexity index is 603. The van der Waals surface area contributed by atoms with Crippen LogP contribution in [0.2, 0.25) is 5.02 Å². The minimum atomic E-state index is -3.69. The van der Waals surface area contributed by atoms with Gasteiger partial charge >= 0.3 is 0 Å². The molecule has 0 amide bonds. The number of benzene rings is 1. The molecule has 2 N–H and O–H groups in total. The van der Waals surface area contributed by atoms with Crippen LogP contribution in [0.15, 0.2) is 17.0 Å². The number of rotatable bonds is 8. The minimum Gasteiger partial charge on any atom is -0.316 e. The summed E-state index contributed by atoms with van der Waals surface area (Å²) in [6.07, 6.45) is 4.36. The van der Waals surface area contributed by atoms with Gasteiger partial charge in [-0.1, -0.05) is 24.4 Å². The zero-order chi connectivity index (χ0) is 15.5. The Balaban J connectivity index is 2.06. The molecule has 4 nitrogen and oxygen atoms in total. The third-order valence-corrected chi connectivity index (χ3v) is 5.40. The number of hydrogen-bond acceptors (Lipinski definition) is 3. The van der Waals surface area contributed by atoms with Crippen molar-refractivity contribution in [3.8, 4) is 0 Å². The van der Waals surface area contributed by atoms with Crippen LogP contribution in [0, 0.1) is 11.7 Å². The highest BCUT2D eigenvalue weighted by molar-refractivity contribution is 7.89. The van der Waals surface area contributed by atoms with Crippen LogP contribution in [0.25, 0.3) is 0 Å². The molecular weight excluding hydrogens is 315 g/mol. The molecule has 1 fully saturated rings. The van der Waals surface area contributed by atoms with Gasteiger partial charge in [-0.2, -0.15) is 0 Å². The molecule has 0 unspecified atom stereocenters. The second kappa shape index (κ2) is 7.05. The molecule has 0 saturated heterocycles. The van der Waals surface area contributed by atoms with Gasteiger partial charge in [0.15, 0.2) is 0 Å². The van der Waals surface area contributed by atoms with E-state index in [9.17, 15) is 12.8 Å². The molecule has 0 aliphatic heterocycles. The van der Waals surface area contributed by atoms with Gasteiger partial charge < -0.3 is 5.32 Å². The van der Waals surface area contributed by atoms with Gasteiger partial charge in [-0.3, -0.25) is 0 Å². The van der Waals surface area contributed by atoms with Crippen molar-refractivity contribution in [3.05, 3.63) is 28.5 Å². The average molecular weight is 335 g/mol. The molecule has 0 bridgehead atoms. The predicted octanol–water partition coefficient (Wildman–Crippen LogP) is 2.67. The molecule has 1 aromatic carbocycles. The van der Waals surface area contributed by atoms with Crippen LogP contribution < -0.4 is 10.0 Å². The summed E-state index contributed by atoms with van der Waals surface area (Å²) in [5.41, 5.74) is 0.428. The summed E-state index contributed by atoms with van der Waals surface area (Å²) >= 11 is 5.83. The van der Waals surface area contributed by atoms with Crippen molar-refractivity contribution in [2.75, 3.05) is 13.6 Å².